The van der Waals surface area contributed by atoms with Crippen LogP contribution in [0.2, 0.25) is 0 Å². The molecule has 0 radical (unpaired) electrons. The summed E-state index contributed by atoms with van der Waals surface area (Å²) < 4.78 is 26.2. The number of aromatic carboxylic acids is 1. The topological polar surface area (TPSA) is 66.4 Å². The normalized spacial score (nSPS) is 12.0. The lowest BCUT2D eigenvalue weighted by atomic mass is 10.1. The molecule has 7 heteroatoms. The Bertz CT molecular complexity index is 523. The maximum atomic E-state index is 13.2. The molecule has 0 saturated carbocycles. The Morgan fingerprint density at radius 3 is 2.35 bits per heavy atom. The van der Waals surface area contributed by atoms with Crippen LogP contribution in [0.1, 0.15) is 34.6 Å². The average Bonchev–Trinajstić information content (AvgIpc) is 2.38. The van der Waals surface area contributed by atoms with E-state index in [-0.39, 0.29) is 11.6 Å². The maximum Gasteiger partial charge on any atom is 0.336 e. The lowest BCUT2D eigenvalue weighted by Gasteiger charge is -2.14. The molecule has 1 aromatic carbocycles. The zero-order valence-electron chi connectivity index (χ0n) is 11.1. The van der Waals surface area contributed by atoms with E-state index in [4.69, 9.17) is 5.11 Å². The van der Waals surface area contributed by atoms with Crippen molar-refractivity contribution in [2.45, 2.75) is 19.9 Å². The second-order valence-corrected chi connectivity index (χ2v) is 5.47. The Morgan fingerprint density at radius 2 is 1.85 bits per heavy atom. The highest BCUT2D eigenvalue weighted by molar-refractivity contribution is 7.99. The SMILES string of the molecule is CCSCC(C)NC(=O)c1cc(F)c(F)cc1C(=O)O. The predicted octanol–water partition coefficient (Wildman–Crippen LogP) is 2.53. The van der Waals surface area contributed by atoms with Crippen LogP contribution in [0.5, 0.6) is 0 Å². The molecular weight excluding hydrogens is 288 g/mol. The van der Waals surface area contributed by atoms with Crippen LogP contribution in [0.3, 0.4) is 0 Å². The molecule has 0 aliphatic carbocycles. The summed E-state index contributed by atoms with van der Waals surface area (Å²) in [6.45, 7) is 3.72. The second-order valence-electron chi connectivity index (χ2n) is 4.15. The molecule has 0 bridgehead atoms. The lowest BCUT2D eigenvalue weighted by molar-refractivity contribution is 0.0690. The van der Waals surface area contributed by atoms with E-state index in [1.54, 1.807) is 18.7 Å². The van der Waals surface area contributed by atoms with Gasteiger partial charge in [-0.2, -0.15) is 11.8 Å². The van der Waals surface area contributed by atoms with Gasteiger partial charge in [0.25, 0.3) is 5.91 Å². The molecule has 0 spiro atoms. The highest BCUT2D eigenvalue weighted by atomic mass is 32.2. The van der Waals surface area contributed by atoms with Gasteiger partial charge in [-0.15, -0.1) is 0 Å². The van der Waals surface area contributed by atoms with E-state index in [0.717, 1.165) is 5.75 Å². The van der Waals surface area contributed by atoms with Crippen molar-refractivity contribution in [1.82, 2.24) is 5.32 Å². The summed E-state index contributed by atoms with van der Waals surface area (Å²) in [5.74, 6) is -3.24. The summed E-state index contributed by atoms with van der Waals surface area (Å²) in [4.78, 5) is 22.9. The van der Waals surface area contributed by atoms with Crippen molar-refractivity contribution in [2.75, 3.05) is 11.5 Å². The largest absolute Gasteiger partial charge is 0.478 e. The fourth-order valence-electron chi connectivity index (χ4n) is 1.55. The first-order valence-corrected chi connectivity index (χ1v) is 7.13. The van der Waals surface area contributed by atoms with Gasteiger partial charge >= 0.3 is 5.97 Å². The van der Waals surface area contributed by atoms with E-state index in [9.17, 15) is 18.4 Å². The first kappa shape index (κ1) is 16.4. The van der Waals surface area contributed by atoms with Crippen molar-refractivity contribution in [3.05, 3.63) is 34.9 Å². The van der Waals surface area contributed by atoms with Gasteiger partial charge in [0, 0.05) is 11.8 Å². The van der Waals surface area contributed by atoms with Crippen LogP contribution in [0.15, 0.2) is 12.1 Å². The Balaban J connectivity index is 2.97. The molecule has 20 heavy (non-hydrogen) atoms. The van der Waals surface area contributed by atoms with Crippen LogP contribution in [-0.4, -0.2) is 34.5 Å². The lowest BCUT2D eigenvalue weighted by Crippen LogP contribution is -2.35. The monoisotopic (exact) mass is 303 g/mol. The Kier molecular flexibility index (Phi) is 5.94. The molecule has 2 N–H and O–H groups in total. The van der Waals surface area contributed by atoms with Gasteiger partial charge in [-0.25, -0.2) is 13.6 Å². The van der Waals surface area contributed by atoms with E-state index in [0.29, 0.717) is 17.9 Å². The highest BCUT2D eigenvalue weighted by Crippen LogP contribution is 2.16. The van der Waals surface area contributed by atoms with Crippen molar-refractivity contribution in [3.8, 4) is 0 Å². The van der Waals surface area contributed by atoms with Crippen molar-refractivity contribution in [2.24, 2.45) is 0 Å². The molecule has 0 heterocycles. The minimum Gasteiger partial charge on any atom is -0.478 e. The van der Waals surface area contributed by atoms with E-state index < -0.39 is 29.1 Å². The van der Waals surface area contributed by atoms with Crippen molar-refractivity contribution in [3.63, 3.8) is 0 Å². The molecule has 1 amide bonds. The number of hydrogen-bond donors (Lipinski definition) is 2. The predicted molar refractivity (Wildman–Crippen MR) is 73.2 cm³/mol. The summed E-state index contributed by atoms with van der Waals surface area (Å²) >= 11 is 1.60. The van der Waals surface area contributed by atoms with E-state index in [2.05, 4.69) is 5.32 Å². The van der Waals surface area contributed by atoms with Gasteiger partial charge in [0.05, 0.1) is 11.1 Å². The summed E-state index contributed by atoms with van der Waals surface area (Å²) in [6.07, 6.45) is 0. The Labute approximate surface area is 119 Å². The zero-order valence-corrected chi connectivity index (χ0v) is 11.9. The molecule has 1 aromatic rings. The quantitative estimate of drug-likeness (QED) is 0.847. The van der Waals surface area contributed by atoms with E-state index in [1.807, 2.05) is 6.92 Å². The fraction of sp³-hybridized carbons (Fsp3) is 0.385. The molecule has 4 nitrogen and oxygen atoms in total. The minimum absolute atomic E-state index is 0.206. The number of benzene rings is 1. The minimum atomic E-state index is -1.48. The number of amides is 1. The van der Waals surface area contributed by atoms with Gasteiger partial charge in [-0.1, -0.05) is 6.92 Å². The average molecular weight is 303 g/mol. The van der Waals surface area contributed by atoms with E-state index in [1.165, 1.54) is 0 Å². The molecular formula is C13H15F2NO3S. The molecule has 1 rings (SSSR count). The highest BCUT2D eigenvalue weighted by Gasteiger charge is 2.21. The summed E-state index contributed by atoms with van der Waals surface area (Å²) in [5, 5.41) is 11.5. The number of rotatable bonds is 6. The number of hydrogen-bond acceptors (Lipinski definition) is 3. The maximum absolute atomic E-state index is 13.2. The summed E-state index contributed by atoms with van der Waals surface area (Å²) in [5.41, 5.74) is -0.943. The van der Waals surface area contributed by atoms with Gasteiger partial charge < -0.3 is 10.4 Å². The first-order chi connectivity index (χ1) is 9.36. The number of thioether (sulfide) groups is 1. The molecule has 1 atom stereocenters. The first-order valence-electron chi connectivity index (χ1n) is 5.97. The van der Waals surface area contributed by atoms with Crippen LogP contribution in [0.25, 0.3) is 0 Å². The van der Waals surface area contributed by atoms with Gasteiger partial charge in [-0.05, 0) is 24.8 Å². The van der Waals surface area contributed by atoms with Gasteiger partial charge in [-0.3, -0.25) is 4.79 Å². The number of nitrogens with one attached hydrogen (secondary N) is 1. The van der Waals surface area contributed by atoms with Crippen LogP contribution in [0.4, 0.5) is 8.78 Å². The number of carboxylic acid groups (broad SMARTS) is 1. The number of carboxylic acids is 1. The second kappa shape index (κ2) is 7.23. The van der Waals surface area contributed by atoms with E-state index >= 15 is 0 Å². The Hall–Kier alpha value is -1.63. The molecule has 0 aliphatic heterocycles. The third kappa shape index (κ3) is 4.19. The van der Waals surface area contributed by atoms with Gasteiger partial charge in [0.1, 0.15) is 0 Å². The van der Waals surface area contributed by atoms with Gasteiger partial charge in [0.15, 0.2) is 11.6 Å². The van der Waals surface area contributed by atoms with Crippen LogP contribution in [-0.2, 0) is 0 Å². The van der Waals surface area contributed by atoms with Crippen LogP contribution < -0.4 is 5.32 Å². The smallest absolute Gasteiger partial charge is 0.336 e. The number of carbonyl (C=O) groups excluding carboxylic acids is 1. The molecule has 0 saturated heterocycles. The summed E-state index contributed by atoms with van der Waals surface area (Å²) in [7, 11) is 0. The molecule has 1 unspecified atom stereocenters. The molecule has 0 fully saturated rings. The Morgan fingerprint density at radius 1 is 1.30 bits per heavy atom. The zero-order chi connectivity index (χ0) is 15.3. The van der Waals surface area contributed by atoms with Crippen molar-refractivity contribution >= 4 is 23.6 Å². The van der Waals surface area contributed by atoms with Crippen LogP contribution >= 0.6 is 11.8 Å². The molecule has 0 aromatic heterocycles. The van der Waals surface area contributed by atoms with Crippen LogP contribution in [0, 0.1) is 11.6 Å². The van der Waals surface area contributed by atoms with Crippen molar-refractivity contribution < 1.29 is 23.5 Å². The fourth-order valence-corrected chi connectivity index (χ4v) is 2.22. The molecule has 110 valence electrons. The summed E-state index contributed by atoms with van der Waals surface area (Å²) in [6, 6.07) is 0.911. The third-order valence-electron chi connectivity index (χ3n) is 2.48. The molecule has 0 aliphatic rings. The standard InChI is InChI=1S/C13H15F2NO3S/c1-3-20-6-7(2)16-12(17)8-4-10(14)11(15)5-9(8)13(18)19/h4-5,7H,3,6H2,1-2H3,(H,16,17)(H,18,19). The third-order valence-corrected chi connectivity index (χ3v) is 3.63. The number of halogens is 2. The van der Waals surface area contributed by atoms with Crippen molar-refractivity contribution in [1.29, 1.82) is 0 Å². The number of carbonyl (C=O) groups is 2. The van der Waals surface area contributed by atoms with Gasteiger partial charge in [0.2, 0.25) is 0 Å².